The first-order chi connectivity index (χ1) is 10.1. The molecule has 1 aromatic rings. The molecule has 6 heteroatoms. The molecule has 6 nitrogen and oxygen atoms in total. The molecular formula is C15H24N2O4. The number of methoxy groups -OCH3 is 2. The zero-order valence-electron chi connectivity index (χ0n) is 12.8. The standard InChI is InChI=1S/C15H24N2O4/c1-11(13-10-12(21-3)4-5-14(13)18)16-7-6-15(19)17-8-9-20-2/h4-5,10-11,16,18H,6-9H2,1-3H3,(H,17,19). The summed E-state index contributed by atoms with van der Waals surface area (Å²) in [7, 11) is 3.18. The van der Waals surface area contributed by atoms with E-state index >= 15 is 0 Å². The molecule has 0 spiro atoms. The molecule has 0 aromatic heterocycles. The second-order valence-corrected chi connectivity index (χ2v) is 4.69. The van der Waals surface area contributed by atoms with Gasteiger partial charge in [-0.15, -0.1) is 0 Å². The molecule has 118 valence electrons. The minimum atomic E-state index is -0.0770. The van der Waals surface area contributed by atoms with Gasteiger partial charge in [0.25, 0.3) is 0 Å². The second-order valence-electron chi connectivity index (χ2n) is 4.69. The highest BCUT2D eigenvalue weighted by atomic mass is 16.5. The summed E-state index contributed by atoms with van der Waals surface area (Å²) in [6.07, 6.45) is 0.374. The van der Waals surface area contributed by atoms with E-state index in [9.17, 15) is 9.90 Å². The Bertz CT molecular complexity index is 451. The van der Waals surface area contributed by atoms with Gasteiger partial charge in [0, 0.05) is 38.2 Å². The van der Waals surface area contributed by atoms with Crippen LogP contribution in [0.25, 0.3) is 0 Å². The summed E-state index contributed by atoms with van der Waals surface area (Å²) in [5.41, 5.74) is 0.745. The van der Waals surface area contributed by atoms with Crippen LogP contribution in [0.2, 0.25) is 0 Å². The van der Waals surface area contributed by atoms with Crippen molar-refractivity contribution in [1.82, 2.24) is 10.6 Å². The van der Waals surface area contributed by atoms with Crippen LogP contribution in [0.1, 0.15) is 24.9 Å². The lowest BCUT2D eigenvalue weighted by Gasteiger charge is -2.16. The summed E-state index contributed by atoms with van der Waals surface area (Å²) in [4.78, 5) is 11.5. The van der Waals surface area contributed by atoms with Crippen LogP contribution >= 0.6 is 0 Å². The number of hydrogen-bond acceptors (Lipinski definition) is 5. The van der Waals surface area contributed by atoms with Crippen LogP contribution in [0.5, 0.6) is 11.5 Å². The van der Waals surface area contributed by atoms with Crippen molar-refractivity contribution in [2.45, 2.75) is 19.4 Å². The Hall–Kier alpha value is -1.79. The van der Waals surface area contributed by atoms with E-state index in [1.54, 1.807) is 32.4 Å². The molecule has 1 unspecified atom stereocenters. The van der Waals surface area contributed by atoms with Gasteiger partial charge < -0.3 is 25.2 Å². The average molecular weight is 296 g/mol. The van der Waals surface area contributed by atoms with E-state index in [-0.39, 0.29) is 17.7 Å². The molecule has 0 saturated carbocycles. The summed E-state index contributed by atoms with van der Waals surface area (Å²) in [5.74, 6) is 0.871. The van der Waals surface area contributed by atoms with Crippen molar-refractivity contribution >= 4 is 5.91 Å². The van der Waals surface area contributed by atoms with Crippen molar-refractivity contribution in [2.75, 3.05) is 33.9 Å². The molecule has 3 N–H and O–H groups in total. The first-order valence-electron chi connectivity index (χ1n) is 6.94. The van der Waals surface area contributed by atoms with E-state index in [1.165, 1.54) is 0 Å². The minimum absolute atomic E-state index is 0.0263. The van der Waals surface area contributed by atoms with Gasteiger partial charge in [0.15, 0.2) is 0 Å². The lowest BCUT2D eigenvalue weighted by Crippen LogP contribution is -2.30. The van der Waals surface area contributed by atoms with Crippen LogP contribution < -0.4 is 15.4 Å². The number of hydrogen-bond donors (Lipinski definition) is 3. The van der Waals surface area contributed by atoms with Gasteiger partial charge in [-0.3, -0.25) is 4.79 Å². The predicted octanol–water partition coefficient (Wildman–Crippen LogP) is 1.20. The zero-order valence-corrected chi connectivity index (χ0v) is 12.8. The SMILES string of the molecule is COCCNC(=O)CCNC(C)c1cc(OC)ccc1O. The lowest BCUT2D eigenvalue weighted by atomic mass is 10.1. The second kappa shape index (κ2) is 9.20. The number of phenols is 1. The minimum Gasteiger partial charge on any atom is -0.508 e. The molecule has 1 aromatic carbocycles. The number of aromatic hydroxyl groups is 1. The van der Waals surface area contributed by atoms with Gasteiger partial charge in [-0.05, 0) is 25.1 Å². The number of rotatable bonds is 9. The fourth-order valence-electron chi connectivity index (χ4n) is 1.90. The number of amides is 1. The van der Waals surface area contributed by atoms with Crippen molar-refractivity contribution in [3.05, 3.63) is 23.8 Å². The summed E-state index contributed by atoms with van der Waals surface area (Å²) < 4.78 is 10.0. The third kappa shape index (κ3) is 6.01. The topological polar surface area (TPSA) is 79.8 Å². The van der Waals surface area contributed by atoms with E-state index < -0.39 is 0 Å². The number of benzene rings is 1. The number of carbonyl (C=O) groups is 1. The predicted molar refractivity (Wildman–Crippen MR) is 80.6 cm³/mol. The third-order valence-corrected chi connectivity index (χ3v) is 3.13. The molecule has 0 aliphatic heterocycles. The summed E-state index contributed by atoms with van der Waals surface area (Å²) in [6.45, 7) is 3.47. The first-order valence-corrected chi connectivity index (χ1v) is 6.94. The zero-order chi connectivity index (χ0) is 15.7. The molecule has 0 saturated heterocycles. The molecule has 21 heavy (non-hydrogen) atoms. The van der Waals surface area contributed by atoms with Crippen molar-refractivity contribution in [3.8, 4) is 11.5 Å². The fraction of sp³-hybridized carbons (Fsp3) is 0.533. The molecular weight excluding hydrogens is 272 g/mol. The molecule has 0 fully saturated rings. The van der Waals surface area contributed by atoms with Crippen LogP contribution in [0.15, 0.2) is 18.2 Å². The van der Waals surface area contributed by atoms with E-state index in [0.29, 0.717) is 31.9 Å². The van der Waals surface area contributed by atoms with Crippen molar-refractivity contribution in [3.63, 3.8) is 0 Å². The Labute approximate surface area is 125 Å². The molecule has 1 rings (SSSR count). The monoisotopic (exact) mass is 296 g/mol. The number of ether oxygens (including phenoxy) is 2. The molecule has 0 heterocycles. The van der Waals surface area contributed by atoms with E-state index in [4.69, 9.17) is 9.47 Å². The van der Waals surface area contributed by atoms with Crippen molar-refractivity contribution in [2.24, 2.45) is 0 Å². The molecule has 0 aliphatic carbocycles. The van der Waals surface area contributed by atoms with Gasteiger partial charge in [0.05, 0.1) is 13.7 Å². The fourth-order valence-corrected chi connectivity index (χ4v) is 1.90. The Kier molecular flexibility index (Phi) is 7.56. The Morgan fingerprint density at radius 3 is 2.76 bits per heavy atom. The lowest BCUT2D eigenvalue weighted by molar-refractivity contribution is -0.121. The largest absolute Gasteiger partial charge is 0.508 e. The summed E-state index contributed by atoms with van der Waals surface area (Å²) >= 11 is 0. The van der Waals surface area contributed by atoms with Crippen LogP contribution in [0, 0.1) is 0 Å². The van der Waals surface area contributed by atoms with E-state index in [0.717, 1.165) is 5.56 Å². The van der Waals surface area contributed by atoms with E-state index in [1.807, 2.05) is 6.92 Å². The van der Waals surface area contributed by atoms with E-state index in [2.05, 4.69) is 10.6 Å². The molecule has 1 atom stereocenters. The third-order valence-electron chi connectivity index (χ3n) is 3.13. The molecule has 0 radical (unpaired) electrons. The molecule has 1 amide bonds. The number of nitrogens with one attached hydrogen (secondary N) is 2. The van der Waals surface area contributed by atoms with Crippen molar-refractivity contribution in [1.29, 1.82) is 0 Å². The smallest absolute Gasteiger partial charge is 0.221 e. The highest BCUT2D eigenvalue weighted by Gasteiger charge is 2.11. The Balaban J connectivity index is 2.40. The van der Waals surface area contributed by atoms with Gasteiger partial charge >= 0.3 is 0 Å². The summed E-state index contributed by atoms with van der Waals surface area (Å²) in [6, 6.07) is 5.01. The maximum atomic E-state index is 11.5. The van der Waals surface area contributed by atoms with Crippen LogP contribution in [-0.2, 0) is 9.53 Å². The molecule has 0 aliphatic rings. The normalized spacial score (nSPS) is 12.0. The van der Waals surface area contributed by atoms with Gasteiger partial charge in [-0.2, -0.15) is 0 Å². The highest BCUT2D eigenvalue weighted by molar-refractivity contribution is 5.76. The van der Waals surface area contributed by atoms with Crippen LogP contribution in [0.3, 0.4) is 0 Å². The van der Waals surface area contributed by atoms with Gasteiger partial charge in [-0.25, -0.2) is 0 Å². The first kappa shape index (κ1) is 17.3. The van der Waals surface area contributed by atoms with Crippen LogP contribution in [-0.4, -0.2) is 44.9 Å². The summed E-state index contributed by atoms with van der Waals surface area (Å²) in [5, 5.41) is 15.8. The van der Waals surface area contributed by atoms with Crippen LogP contribution in [0.4, 0.5) is 0 Å². The number of phenolic OH excluding ortho intramolecular Hbond substituents is 1. The van der Waals surface area contributed by atoms with Gasteiger partial charge in [0.2, 0.25) is 5.91 Å². The molecule has 0 bridgehead atoms. The van der Waals surface area contributed by atoms with Gasteiger partial charge in [-0.1, -0.05) is 0 Å². The van der Waals surface area contributed by atoms with Gasteiger partial charge in [0.1, 0.15) is 11.5 Å². The number of carbonyl (C=O) groups excluding carboxylic acids is 1. The Morgan fingerprint density at radius 1 is 1.33 bits per heavy atom. The quantitative estimate of drug-likeness (QED) is 0.597. The Morgan fingerprint density at radius 2 is 2.10 bits per heavy atom. The highest BCUT2D eigenvalue weighted by Crippen LogP contribution is 2.28. The maximum absolute atomic E-state index is 11.5. The average Bonchev–Trinajstić information content (AvgIpc) is 2.48. The van der Waals surface area contributed by atoms with Crippen molar-refractivity contribution < 1.29 is 19.4 Å². The maximum Gasteiger partial charge on any atom is 0.221 e.